The number of nitrogens with one attached hydrogen (secondary N) is 9. The first-order valence-electron chi connectivity index (χ1n) is 31.3. The van der Waals surface area contributed by atoms with Crippen LogP contribution in [0.25, 0.3) is 0 Å². The summed E-state index contributed by atoms with van der Waals surface area (Å²) in [5.41, 5.74) is 0. The molecule has 17 N–H and O–H groups in total. The first-order valence-corrected chi connectivity index (χ1v) is 31.3. The molecule has 0 aromatic rings. The average molecular weight is 1330 g/mol. The molecule has 3 heterocycles. The van der Waals surface area contributed by atoms with E-state index < -0.39 is 158 Å². The number of hydrogen-bond acceptors (Lipinski definition) is 26. The van der Waals surface area contributed by atoms with Crippen molar-refractivity contribution in [3.8, 4) is 0 Å². The zero-order valence-electron chi connectivity index (χ0n) is 53.0. The van der Waals surface area contributed by atoms with Crippen LogP contribution in [0.15, 0.2) is 0 Å². The van der Waals surface area contributed by atoms with Crippen LogP contribution in [0, 0.1) is 0 Å². The van der Waals surface area contributed by atoms with Gasteiger partial charge in [0.05, 0.1) is 78.8 Å². The Balaban J connectivity index is 1.62. The van der Waals surface area contributed by atoms with Gasteiger partial charge in [0.25, 0.3) is 0 Å². The zero-order valence-corrected chi connectivity index (χ0v) is 53.0. The maximum atomic E-state index is 13.7. The third-order valence-corrected chi connectivity index (χ3v) is 14.6. The summed E-state index contributed by atoms with van der Waals surface area (Å²) < 4.78 is 50.3. The van der Waals surface area contributed by atoms with Crippen LogP contribution in [0.4, 0.5) is 0 Å². The number of carbonyl (C=O) groups excluding carboxylic acids is 9. The Morgan fingerprint density at radius 1 is 0.457 bits per heavy atom. The summed E-state index contributed by atoms with van der Waals surface area (Å²) in [6, 6.07) is -6.02. The molecule has 0 bridgehead atoms. The molecule has 0 spiro atoms. The number of rotatable bonds is 46. The first-order chi connectivity index (χ1) is 44.0. The van der Waals surface area contributed by atoms with Crippen LogP contribution in [-0.2, 0) is 85.8 Å². The standard InChI is InChI=1S/C57H101N9O26/c1-5-6-7-8-17-58-41(73)10-9-11-43(75)65-37(54(83)61-20-24-86-27-30-89-57-47(64-35(4)71)52(81)50(79)40(31-68)92-57)13-15-44(76)66-36(12-14-42(74)59-18-22-84-25-28-87-55-45(62-33(2)69)48(77)38(72)32-90-55)53(82)60-19-23-85-26-29-88-56-46(63-34(3)70)51(80)49(78)39(91-56)16-21-67/h36-40,45-52,55-57,67-68,72,77-81H,5-32H2,1-4H3,(H,58,73)(H,59,74)(H,60,82)(H,61,83)(H,62,69)(H,63,70)(H,64,71)(H,65,75)(H,66,76)/t36?,37?,38-,39+,40+,45+,46+,47+,48-,49-,50-,51+,52+,55+,56+,57+/m0/s1. The molecule has 9 amide bonds. The molecule has 3 aliphatic rings. The lowest BCUT2D eigenvalue weighted by molar-refractivity contribution is -0.272. The van der Waals surface area contributed by atoms with E-state index in [0.717, 1.165) is 25.7 Å². The second kappa shape index (κ2) is 45.8. The van der Waals surface area contributed by atoms with Crippen LogP contribution in [0.3, 0.4) is 0 Å². The Hall–Kier alpha value is -5.45. The lowest BCUT2D eigenvalue weighted by Crippen LogP contribution is -2.64. The van der Waals surface area contributed by atoms with Gasteiger partial charge in [-0.1, -0.05) is 26.2 Å². The van der Waals surface area contributed by atoms with Gasteiger partial charge in [0.1, 0.15) is 72.9 Å². The Bertz CT molecular complexity index is 2210. The van der Waals surface area contributed by atoms with E-state index in [2.05, 4.69) is 54.8 Å². The maximum absolute atomic E-state index is 13.7. The number of aliphatic hydroxyl groups is 8. The van der Waals surface area contributed by atoms with E-state index in [4.69, 9.17) is 42.6 Å². The summed E-state index contributed by atoms with van der Waals surface area (Å²) >= 11 is 0. The van der Waals surface area contributed by atoms with Gasteiger partial charge in [-0.25, -0.2) is 0 Å². The van der Waals surface area contributed by atoms with Crippen molar-refractivity contribution in [2.75, 3.05) is 105 Å². The predicted octanol–water partition coefficient (Wildman–Crippen LogP) is -7.31. The van der Waals surface area contributed by atoms with Gasteiger partial charge in [0.15, 0.2) is 18.9 Å². The average Bonchev–Trinajstić information content (AvgIpc) is 0.841. The zero-order chi connectivity index (χ0) is 68.0. The molecule has 530 valence electrons. The minimum absolute atomic E-state index is 0.00619. The highest BCUT2D eigenvalue weighted by Crippen LogP contribution is 2.25. The Morgan fingerprint density at radius 3 is 1.37 bits per heavy atom. The van der Waals surface area contributed by atoms with Gasteiger partial charge in [0, 0.05) is 79.2 Å². The number of hydrogen-bond donors (Lipinski definition) is 17. The minimum Gasteiger partial charge on any atom is -0.396 e. The molecule has 3 saturated heterocycles. The lowest BCUT2D eigenvalue weighted by atomic mass is 9.95. The van der Waals surface area contributed by atoms with Crippen molar-refractivity contribution < 1.29 is 127 Å². The molecular formula is C57H101N9O26. The number of amides is 9. The molecule has 0 aromatic heterocycles. The number of carbonyl (C=O) groups is 9. The van der Waals surface area contributed by atoms with Crippen LogP contribution >= 0.6 is 0 Å². The van der Waals surface area contributed by atoms with Crippen molar-refractivity contribution in [3.05, 3.63) is 0 Å². The fraction of sp³-hybridized carbons (Fsp3) is 0.842. The SMILES string of the molecule is CCCCCCNC(=O)CCCC(=O)NC(CCC(=O)NC(CCC(=O)NCCOCCO[C@@H]1OC[C@H](O)[C@H](O)[C@H]1NC(C)=O)C(=O)NCCOCCO[C@@H]1O[C@H](CCO)[C@H](O)[C@H](O)[C@H]1NC(C)=O)C(=O)NCCOCCO[C@@H]1O[C@H](CO)[C@H](O)[C@H](O)[C@H]1NC(C)=O. The molecule has 35 nitrogen and oxygen atoms in total. The molecule has 3 fully saturated rings. The van der Waals surface area contributed by atoms with E-state index >= 15 is 0 Å². The molecule has 0 radical (unpaired) electrons. The van der Waals surface area contributed by atoms with Crippen molar-refractivity contribution in [1.29, 1.82) is 0 Å². The highest BCUT2D eigenvalue weighted by Gasteiger charge is 2.47. The second-order valence-corrected chi connectivity index (χ2v) is 22.1. The first kappa shape index (κ1) is 80.8. The summed E-state index contributed by atoms with van der Waals surface area (Å²) in [5, 5.41) is 105. The molecule has 0 aliphatic carbocycles. The number of aliphatic hydroxyl groups excluding tert-OH is 8. The molecule has 3 aliphatic heterocycles. The van der Waals surface area contributed by atoms with Gasteiger partial charge < -0.3 is 131 Å². The van der Waals surface area contributed by atoms with E-state index in [1.165, 1.54) is 20.8 Å². The summed E-state index contributed by atoms with van der Waals surface area (Å²) in [5.74, 6) is -5.10. The topological polar surface area (TPSA) is 507 Å². The highest BCUT2D eigenvalue weighted by atomic mass is 16.7. The van der Waals surface area contributed by atoms with E-state index in [9.17, 15) is 84.0 Å². The van der Waals surface area contributed by atoms with Crippen LogP contribution < -0.4 is 47.9 Å². The molecule has 16 atom stereocenters. The van der Waals surface area contributed by atoms with Crippen molar-refractivity contribution in [1.82, 2.24) is 47.9 Å². The summed E-state index contributed by atoms with van der Waals surface area (Å²) in [6.07, 6.45) is -11.7. The second-order valence-electron chi connectivity index (χ2n) is 22.1. The Morgan fingerprint density at radius 2 is 0.880 bits per heavy atom. The molecule has 35 heteroatoms. The fourth-order valence-electron chi connectivity index (χ4n) is 9.74. The van der Waals surface area contributed by atoms with Gasteiger partial charge in [-0.3, -0.25) is 43.2 Å². The van der Waals surface area contributed by atoms with Crippen molar-refractivity contribution in [2.45, 2.75) is 203 Å². The summed E-state index contributed by atoms with van der Waals surface area (Å²) in [7, 11) is 0. The van der Waals surface area contributed by atoms with E-state index in [1.807, 2.05) is 0 Å². The van der Waals surface area contributed by atoms with Crippen LogP contribution in [0.5, 0.6) is 0 Å². The third kappa shape index (κ3) is 31.2. The van der Waals surface area contributed by atoms with E-state index in [1.54, 1.807) is 0 Å². The normalized spacial score (nSPS) is 26.1. The highest BCUT2D eigenvalue weighted by molar-refractivity contribution is 5.90. The van der Waals surface area contributed by atoms with Crippen molar-refractivity contribution in [3.63, 3.8) is 0 Å². The van der Waals surface area contributed by atoms with Gasteiger partial charge in [-0.05, 0) is 32.1 Å². The predicted molar refractivity (Wildman–Crippen MR) is 317 cm³/mol. The van der Waals surface area contributed by atoms with Crippen molar-refractivity contribution >= 4 is 53.2 Å². The molecule has 3 rings (SSSR count). The minimum atomic E-state index is -1.53. The van der Waals surface area contributed by atoms with Gasteiger partial charge in [-0.2, -0.15) is 0 Å². The Kier molecular flexibility index (Phi) is 40.2. The van der Waals surface area contributed by atoms with E-state index in [0.29, 0.717) is 6.54 Å². The lowest BCUT2D eigenvalue weighted by Gasteiger charge is -2.42. The number of unbranched alkanes of at least 4 members (excludes halogenated alkanes) is 3. The molecular weight excluding hydrogens is 1230 g/mol. The van der Waals surface area contributed by atoms with Crippen molar-refractivity contribution in [2.24, 2.45) is 0 Å². The van der Waals surface area contributed by atoms with Crippen LogP contribution in [-0.4, -0.2) is 297 Å². The van der Waals surface area contributed by atoms with Crippen LogP contribution in [0.2, 0.25) is 0 Å². The molecule has 92 heavy (non-hydrogen) atoms. The largest absolute Gasteiger partial charge is 0.396 e. The van der Waals surface area contributed by atoms with Crippen LogP contribution in [0.1, 0.15) is 105 Å². The summed E-state index contributed by atoms with van der Waals surface area (Å²) in [4.78, 5) is 115. The van der Waals surface area contributed by atoms with E-state index in [-0.39, 0.29) is 143 Å². The molecule has 2 unspecified atom stereocenters. The van der Waals surface area contributed by atoms with Gasteiger partial charge >= 0.3 is 0 Å². The van der Waals surface area contributed by atoms with Gasteiger partial charge in [0.2, 0.25) is 53.2 Å². The smallest absolute Gasteiger partial charge is 0.242 e. The number of ether oxygens (including phenoxy) is 9. The van der Waals surface area contributed by atoms with Gasteiger partial charge in [-0.15, -0.1) is 0 Å². The maximum Gasteiger partial charge on any atom is 0.242 e. The molecule has 0 saturated carbocycles. The quantitative estimate of drug-likeness (QED) is 0.0252. The Labute approximate surface area is 534 Å². The molecule has 0 aromatic carbocycles. The third-order valence-electron chi connectivity index (χ3n) is 14.6. The monoisotopic (exact) mass is 1330 g/mol. The summed E-state index contributed by atoms with van der Waals surface area (Å²) in [6.45, 7) is 4.06. The fourth-order valence-corrected chi connectivity index (χ4v) is 9.74.